The van der Waals surface area contributed by atoms with E-state index < -0.39 is 0 Å². The van der Waals surface area contributed by atoms with Crippen molar-refractivity contribution in [1.29, 1.82) is 0 Å². The average Bonchev–Trinajstić information content (AvgIpc) is 3.57. The molecule has 3 aromatic rings. The van der Waals surface area contributed by atoms with Gasteiger partial charge in [0, 0.05) is 22.9 Å². The molecule has 0 bridgehead atoms. The molecule has 2 heterocycles. The van der Waals surface area contributed by atoms with E-state index in [4.69, 9.17) is 4.74 Å². The number of epoxide rings is 1. The Bertz CT molecular complexity index is 1150. The van der Waals surface area contributed by atoms with Gasteiger partial charge in [-0.25, -0.2) is 0 Å². The van der Waals surface area contributed by atoms with Crippen LogP contribution in [0.15, 0.2) is 77.7 Å². The molecule has 1 N–H and O–H groups in total. The van der Waals surface area contributed by atoms with Gasteiger partial charge in [-0.3, -0.25) is 9.69 Å². The number of anilines is 2. The summed E-state index contributed by atoms with van der Waals surface area (Å²) < 4.78 is 5.78. The third-order valence-electron chi connectivity index (χ3n) is 6.33. The van der Waals surface area contributed by atoms with Crippen LogP contribution in [0.2, 0.25) is 0 Å². The van der Waals surface area contributed by atoms with Gasteiger partial charge in [-0.15, -0.1) is 11.8 Å². The summed E-state index contributed by atoms with van der Waals surface area (Å²) in [5.74, 6) is -0.0151. The molecule has 3 unspecified atom stereocenters. The van der Waals surface area contributed by atoms with E-state index in [1.54, 1.807) is 4.90 Å². The van der Waals surface area contributed by atoms with Crippen LogP contribution in [0.5, 0.6) is 0 Å². The van der Waals surface area contributed by atoms with Crippen LogP contribution in [-0.2, 0) is 17.6 Å². The van der Waals surface area contributed by atoms with Gasteiger partial charge in [0.15, 0.2) is 12.5 Å². The maximum atomic E-state index is 13.4. The maximum absolute atomic E-state index is 13.4. The first-order valence-corrected chi connectivity index (χ1v) is 11.8. The fourth-order valence-corrected chi connectivity index (χ4v) is 6.01. The molecule has 1 aliphatic carbocycles. The lowest BCUT2D eigenvalue weighted by Crippen LogP contribution is -2.34. The predicted molar refractivity (Wildman–Crippen MR) is 127 cm³/mol. The minimum Gasteiger partial charge on any atom is -0.356 e. The average molecular weight is 431 g/mol. The number of carbonyl (C=O) groups is 1. The Kier molecular flexibility index (Phi) is 4.73. The first-order valence-electron chi connectivity index (χ1n) is 10.9. The highest BCUT2D eigenvalue weighted by Gasteiger charge is 2.49. The molecule has 3 aromatic carbocycles. The number of rotatable bonds is 3. The monoisotopic (exact) mass is 430 g/mol. The van der Waals surface area contributed by atoms with Crippen molar-refractivity contribution in [1.82, 2.24) is 0 Å². The van der Waals surface area contributed by atoms with E-state index in [0.29, 0.717) is 10.8 Å². The molecule has 5 heteroatoms. The van der Waals surface area contributed by atoms with Crippen LogP contribution < -0.4 is 10.2 Å². The topological polar surface area (TPSA) is 44.9 Å². The molecule has 0 saturated carbocycles. The first kappa shape index (κ1) is 19.0. The molecule has 2 aliphatic heterocycles. The van der Waals surface area contributed by atoms with E-state index in [9.17, 15) is 4.79 Å². The highest BCUT2D eigenvalue weighted by Crippen LogP contribution is 2.40. The number of nitrogens with zero attached hydrogens (tertiary/aromatic N) is 1. The van der Waals surface area contributed by atoms with Gasteiger partial charge in [0.05, 0.1) is 5.56 Å². The van der Waals surface area contributed by atoms with Gasteiger partial charge in [0.25, 0.3) is 5.91 Å². The molecule has 1 fully saturated rings. The molecular weight excluding hydrogens is 404 g/mol. The summed E-state index contributed by atoms with van der Waals surface area (Å²) in [6.45, 7) is 0. The Morgan fingerprint density at radius 1 is 1.00 bits per heavy atom. The van der Waals surface area contributed by atoms with E-state index in [-0.39, 0.29) is 19.8 Å². The third kappa shape index (κ3) is 3.62. The molecule has 1 saturated heterocycles. The summed E-state index contributed by atoms with van der Waals surface area (Å²) in [4.78, 5) is 16.4. The largest absolute Gasteiger partial charge is 0.356 e. The number of ether oxygens (including phenoxy) is 1. The van der Waals surface area contributed by atoms with Gasteiger partial charge in [-0.1, -0.05) is 42.5 Å². The SMILES string of the molecule is O=C1c2ccccc2NC2OC2N1c1cccc(SC2CCCc3ccccc3C2)c1.[HH]. The zero-order valence-electron chi connectivity index (χ0n) is 17.2. The molecule has 0 aromatic heterocycles. The number of nitrogens with one attached hydrogen (secondary N) is 1. The van der Waals surface area contributed by atoms with Crippen molar-refractivity contribution >= 4 is 29.0 Å². The van der Waals surface area contributed by atoms with Crippen LogP contribution in [0, 0.1) is 0 Å². The Morgan fingerprint density at radius 3 is 2.77 bits per heavy atom. The van der Waals surface area contributed by atoms with Crippen molar-refractivity contribution in [3.05, 3.63) is 89.5 Å². The lowest BCUT2D eigenvalue weighted by Gasteiger charge is -2.21. The van der Waals surface area contributed by atoms with Crippen LogP contribution in [0.3, 0.4) is 0 Å². The molecule has 3 atom stereocenters. The quantitative estimate of drug-likeness (QED) is 0.426. The maximum Gasteiger partial charge on any atom is 0.262 e. The van der Waals surface area contributed by atoms with E-state index in [1.165, 1.54) is 35.3 Å². The number of para-hydroxylation sites is 1. The Morgan fingerprint density at radius 2 is 1.84 bits per heavy atom. The molecule has 4 nitrogen and oxygen atoms in total. The molecular formula is C26H26N2O2S. The van der Waals surface area contributed by atoms with E-state index in [1.807, 2.05) is 42.1 Å². The van der Waals surface area contributed by atoms with Crippen molar-refractivity contribution in [2.24, 2.45) is 0 Å². The zero-order chi connectivity index (χ0) is 20.8. The minimum atomic E-state index is -0.259. The van der Waals surface area contributed by atoms with Crippen molar-refractivity contribution in [2.75, 3.05) is 10.2 Å². The van der Waals surface area contributed by atoms with Crippen LogP contribution in [-0.4, -0.2) is 23.6 Å². The Hall–Kier alpha value is -2.76. The van der Waals surface area contributed by atoms with Crippen LogP contribution >= 0.6 is 11.8 Å². The van der Waals surface area contributed by atoms with Crippen molar-refractivity contribution in [3.8, 4) is 0 Å². The molecule has 0 spiro atoms. The summed E-state index contributed by atoms with van der Waals surface area (Å²) in [5.41, 5.74) is 5.41. The highest BCUT2D eigenvalue weighted by atomic mass is 32.2. The summed E-state index contributed by atoms with van der Waals surface area (Å²) in [6, 6.07) is 24.9. The molecule has 31 heavy (non-hydrogen) atoms. The van der Waals surface area contributed by atoms with Crippen LogP contribution in [0.25, 0.3) is 0 Å². The Labute approximate surface area is 188 Å². The number of fused-ring (bicyclic) bond motifs is 3. The second kappa shape index (κ2) is 7.74. The first-order chi connectivity index (χ1) is 15.3. The molecule has 6 rings (SSSR count). The number of amides is 1. The second-order valence-electron chi connectivity index (χ2n) is 8.41. The normalized spacial score (nSPS) is 24.2. The fraction of sp³-hybridized carbons (Fsp3) is 0.269. The summed E-state index contributed by atoms with van der Waals surface area (Å²) in [7, 11) is 0. The van der Waals surface area contributed by atoms with Crippen molar-refractivity contribution in [2.45, 2.75) is 48.3 Å². The number of carbonyl (C=O) groups excluding carboxylic acids is 1. The van der Waals surface area contributed by atoms with Gasteiger partial charge in [0.1, 0.15) is 0 Å². The van der Waals surface area contributed by atoms with E-state index >= 15 is 0 Å². The van der Waals surface area contributed by atoms with E-state index in [2.05, 4.69) is 47.8 Å². The number of hydrogen-bond donors (Lipinski definition) is 1. The highest BCUT2D eigenvalue weighted by molar-refractivity contribution is 8.00. The number of hydrogen-bond acceptors (Lipinski definition) is 4. The lowest BCUT2D eigenvalue weighted by atomic mass is 10.0. The number of aryl methyl sites for hydroxylation is 1. The van der Waals surface area contributed by atoms with Gasteiger partial charge >= 0.3 is 0 Å². The van der Waals surface area contributed by atoms with E-state index in [0.717, 1.165) is 17.8 Å². The molecule has 0 radical (unpaired) electrons. The van der Waals surface area contributed by atoms with Gasteiger partial charge in [0.2, 0.25) is 0 Å². The third-order valence-corrected chi connectivity index (χ3v) is 7.60. The number of benzene rings is 3. The second-order valence-corrected chi connectivity index (χ2v) is 9.79. The summed E-state index contributed by atoms with van der Waals surface area (Å²) in [5, 5.41) is 3.88. The summed E-state index contributed by atoms with van der Waals surface area (Å²) in [6.07, 6.45) is 4.28. The molecule has 1 amide bonds. The van der Waals surface area contributed by atoms with Gasteiger partial charge in [-0.05, 0) is 67.1 Å². The summed E-state index contributed by atoms with van der Waals surface area (Å²) >= 11 is 1.93. The predicted octanol–water partition coefficient (Wildman–Crippen LogP) is 5.73. The van der Waals surface area contributed by atoms with Crippen molar-refractivity contribution < 1.29 is 11.0 Å². The smallest absolute Gasteiger partial charge is 0.262 e. The fourth-order valence-electron chi connectivity index (χ4n) is 4.73. The number of thioether (sulfide) groups is 1. The Balaban J connectivity index is 0.00000216. The van der Waals surface area contributed by atoms with Crippen LogP contribution in [0.1, 0.15) is 35.8 Å². The van der Waals surface area contributed by atoms with Crippen molar-refractivity contribution in [3.63, 3.8) is 0 Å². The zero-order valence-corrected chi connectivity index (χ0v) is 18.0. The van der Waals surface area contributed by atoms with Gasteiger partial charge < -0.3 is 10.1 Å². The lowest BCUT2D eigenvalue weighted by molar-refractivity contribution is 0.0976. The molecule has 3 aliphatic rings. The van der Waals surface area contributed by atoms with Gasteiger partial charge in [-0.2, -0.15) is 0 Å². The van der Waals surface area contributed by atoms with Crippen LogP contribution in [0.4, 0.5) is 11.4 Å². The molecule has 158 valence electrons. The minimum absolute atomic E-state index is 0. The standard InChI is InChI=1S/C26H24N2O2S.H2/c29-25-22-13-3-4-14-23(22)27-24-26(30-24)28(25)19-10-6-12-21(16-19)31-20-11-5-9-17-7-1-2-8-18(17)15-20;/h1-4,6-8,10,12-14,16,20,24,26-27H,5,9,11,15H2;1H.